The monoisotopic (exact) mass is 251 g/mol. The second-order valence-electron chi connectivity index (χ2n) is 5.01. The summed E-state index contributed by atoms with van der Waals surface area (Å²) in [7, 11) is 2.02. The minimum absolute atomic E-state index is 0.124. The molecule has 4 nitrogen and oxygen atoms in total. The highest BCUT2D eigenvalue weighted by Gasteiger charge is 2.04. The zero-order chi connectivity index (χ0) is 13.5. The third kappa shape index (κ3) is 4.92. The van der Waals surface area contributed by atoms with Crippen LogP contribution in [0.15, 0.2) is 12.1 Å². The molecule has 0 bridgehead atoms. The van der Waals surface area contributed by atoms with Crippen LogP contribution >= 0.6 is 0 Å². The maximum atomic E-state index is 11.6. The van der Waals surface area contributed by atoms with Gasteiger partial charge < -0.3 is 15.2 Å². The number of aromatic nitrogens is 1. The van der Waals surface area contributed by atoms with Crippen molar-refractivity contribution in [2.75, 3.05) is 6.54 Å². The Hall–Kier alpha value is -1.29. The van der Waals surface area contributed by atoms with E-state index in [9.17, 15) is 4.79 Å². The Kier molecular flexibility index (Phi) is 5.92. The molecule has 18 heavy (non-hydrogen) atoms. The molecule has 1 aromatic rings. The summed E-state index contributed by atoms with van der Waals surface area (Å²) in [6.45, 7) is 7.79. The van der Waals surface area contributed by atoms with Crippen LogP contribution in [0.1, 0.15) is 38.1 Å². The second-order valence-corrected chi connectivity index (χ2v) is 5.01. The van der Waals surface area contributed by atoms with Crippen molar-refractivity contribution in [3.05, 3.63) is 23.5 Å². The standard InChI is InChI=1S/C14H25N3O/c1-11(2)15-9-5-6-14(18)16-10-13-8-7-12(3)17(13)4/h7-8,11,15H,5-6,9-10H2,1-4H3,(H,16,18). The summed E-state index contributed by atoms with van der Waals surface area (Å²) in [5.74, 6) is 0.124. The number of aryl methyl sites for hydroxylation is 1. The first kappa shape index (κ1) is 14.8. The Morgan fingerprint density at radius 1 is 1.39 bits per heavy atom. The van der Waals surface area contributed by atoms with E-state index < -0.39 is 0 Å². The average Bonchev–Trinajstić information content (AvgIpc) is 2.63. The quantitative estimate of drug-likeness (QED) is 0.725. The van der Waals surface area contributed by atoms with Gasteiger partial charge in [-0.1, -0.05) is 13.8 Å². The molecular weight excluding hydrogens is 226 g/mol. The van der Waals surface area contributed by atoms with Gasteiger partial charge in [-0.15, -0.1) is 0 Å². The largest absolute Gasteiger partial charge is 0.351 e. The summed E-state index contributed by atoms with van der Waals surface area (Å²) in [4.78, 5) is 11.6. The molecule has 0 atom stereocenters. The van der Waals surface area contributed by atoms with E-state index in [0.717, 1.165) is 18.7 Å². The lowest BCUT2D eigenvalue weighted by Crippen LogP contribution is -2.27. The predicted molar refractivity (Wildman–Crippen MR) is 74.4 cm³/mol. The first-order chi connectivity index (χ1) is 8.50. The van der Waals surface area contributed by atoms with Gasteiger partial charge in [0.15, 0.2) is 0 Å². The molecule has 0 aliphatic heterocycles. The first-order valence-corrected chi connectivity index (χ1v) is 6.62. The van der Waals surface area contributed by atoms with Gasteiger partial charge in [-0.3, -0.25) is 4.79 Å². The summed E-state index contributed by atoms with van der Waals surface area (Å²) in [6.07, 6.45) is 1.47. The summed E-state index contributed by atoms with van der Waals surface area (Å²) in [5, 5.41) is 6.26. The van der Waals surface area contributed by atoms with Gasteiger partial charge in [0.2, 0.25) is 5.91 Å². The van der Waals surface area contributed by atoms with Crippen LogP contribution in [0.4, 0.5) is 0 Å². The van der Waals surface area contributed by atoms with Crippen LogP contribution in [0, 0.1) is 6.92 Å². The van der Waals surface area contributed by atoms with Crippen molar-refractivity contribution in [2.45, 2.75) is 46.2 Å². The molecule has 2 N–H and O–H groups in total. The van der Waals surface area contributed by atoms with Gasteiger partial charge in [0.05, 0.1) is 6.54 Å². The van der Waals surface area contributed by atoms with Gasteiger partial charge in [-0.2, -0.15) is 0 Å². The molecule has 102 valence electrons. The van der Waals surface area contributed by atoms with E-state index in [1.54, 1.807) is 0 Å². The molecule has 0 fully saturated rings. The third-order valence-electron chi connectivity index (χ3n) is 3.08. The van der Waals surface area contributed by atoms with Crippen LogP contribution in [0.5, 0.6) is 0 Å². The molecular formula is C14H25N3O. The Morgan fingerprint density at radius 3 is 2.67 bits per heavy atom. The maximum absolute atomic E-state index is 11.6. The van der Waals surface area contributed by atoms with Crippen molar-refractivity contribution in [3.8, 4) is 0 Å². The van der Waals surface area contributed by atoms with Crippen molar-refractivity contribution in [1.29, 1.82) is 0 Å². The smallest absolute Gasteiger partial charge is 0.220 e. The second kappa shape index (κ2) is 7.21. The van der Waals surface area contributed by atoms with Crippen molar-refractivity contribution in [2.24, 2.45) is 7.05 Å². The van der Waals surface area contributed by atoms with Crippen molar-refractivity contribution >= 4 is 5.91 Å². The molecule has 0 unspecified atom stereocenters. The maximum Gasteiger partial charge on any atom is 0.220 e. The number of carbonyl (C=O) groups excluding carboxylic acids is 1. The molecule has 0 spiro atoms. The van der Waals surface area contributed by atoms with Gasteiger partial charge in [0.1, 0.15) is 0 Å². The fourth-order valence-corrected chi connectivity index (χ4v) is 1.76. The van der Waals surface area contributed by atoms with Crippen molar-refractivity contribution < 1.29 is 4.79 Å². The van der Waals surface area contributed by atoms with Crippen LogP contribution in [0.25, 0.3) is 0 Å². The fourth-order valence-electron chi connectivity index (χ4n) is 1.76. The zero-order valence-corrected chi connectivity index (χ0v) is 11.9. The van der Waals surface area contributed by atoms with Crippen LogP contribution < -0.4 is 10.6 Å². The summed E-state index contributed by atoms with van der Waals surface area (Å²) < 4.78 is 2.10. The number of amides is 1. The lowest BCUT2D eigenvalue weighted by Gasteiger charge is -2.09. The number of nitrogens with zero attached hydrogens (tertiary/aromatic N) is 1. The summed E-state index contributed by atoms with van der Waals surface area (Å²) in [5.41, 5.74) is 2.35. The average molecular weight is 251 g/mol. The molecule has 1 heterocycles. The highest BCUT2D eigenvalue weighted by atomic mass is 16.1. The van der Waals surface area contributed by atoms with Crippen LogP contribution in [-0.4, -0.2) is 23.1 Å². The summed E-state index contributed by atoms with van der Waals surface area (Å²) in [6, 6.07) is 4.60. The molecule has 0 aliphatic rings. The normalized spacial score (nSPS) is 10.9. The molecule has 0 saturated heterocycles. The molecule has 1 aromatic heterocycles. The van der Waals surface area contributed by atoms with E-state index in [0.29, 0.717) is 19.0 Å². The predicted octanol–water partition coefficient (Wildman–Crippen LogP) is 1.73. The lowest BCUT2D eigenvalue weighted by molar-refractivity contribution is -0.121. The Morgan fingerprint density at radius 2 is 2.11 bits per heavy atom. The number of hydrogen-bond donors (Lipinski definition) is 2. The van der Waals surface area contributed by atoms with Gasteiger partial charge in [0, 0.05) is 30.9 Å². The first-order valence-electron chi connectivity index (χ1n) is 6.62. The Labute approximate surface area is 110 Å². The van der Waals surface area contributed by atoms with Crippen LogP contribution in [-0.2, 0) is 18.4 Å². The van der Waals surface area contributed by atoms with E-state index in [4.69, 9.17) is 0 Å². The molecule has 4 heteroatoms. The molecule has 1 amide bonds. The van der Waals surface area contributed by atoms with E-state index in [2.05, 4.69) is 48.1 Å². The van der Waals surface area contributed by atoms with Crippen molar-refractivity contribution in [1.82, 2.24) is 15.2 Å². The van der Waals surface area contributed by atoms with E-state index in [1.807, 2.05) is 7.05 Å². The third-order valence-corrected chi connectivity index (χ3v) is 3.08. The van der Waals surface area contributed by atoms with E-state index in [-0.39, 0.29) is 5.91 Å². The Bertz CT molecular complexity index is 382. The minimum Gasteiger partial charge on any atom is -0.351 e. The Balaban J connectivity index is 2.19. The minimum atomic E-state index is 0.124. The highest BCUT2D eigenvalue weighted by Crippen LogP contribution is 2.05. The number of carbonyl (C=O) groups is 1. The van der Waals surface area contributed by atoms with E-state index >= 15 is 0 Å². The molecule has 0 aliphatic carbocycles. The highest BCUT2D eigenvalue weighted by molar-refractivity contribution is 5.75. The van der Waals surface area contributed by atoms with Gasteiger partial charge in [-0.05, 0) is 32.0 Å². The summed E-state index contributed by atoms with van der Waals surface area (Å²) >= 11 is 0. The topological polar surface area (TPSA) is 46.1 Å². The van der Waals surface area contributed by atoms with Gasteiger partial charge >= 0.3 is 0 Å². The number of nitrogens with one attached hydrogen (secondary N) is 2. The zero-order valence-electron chi connectivity index (χ0n) is 11.9. The van der Waals surface area contributed by atoms with Crippen LogP contribution in [0.3, 0.4) is 0 Å². The van der Waals surface area contributed by atoms with Crippen LogP contribution in [0.2, 0.25) is 0 Å². The SMILES string of the molecule is Cc1ccc(CNC(=O)CCCNC(C)C)n1C. The number of rotatable bonds is 7. The molecule has 0 aromatic carbocycles. The molecule has 1 rings (SSSR count). The van der Waals surface area contributed by atoms with Crippen molar-refractivity contribution in [3.63, 3.8) is 0 Å². The lowest BCUT2D eigenvalue weighted by atomic mass is 10.2. The number of hydrogen-bond acceptors (Lipinski definition) is 2. The fraction of sp³-hybridized carbons (Fsp3) is 0.643. The molecule has 0 radical (unpaired) electrons. The van der Waals surface area contributed by atoms with E-state index in [1.165, 1.54) is 5.69 Å². The van der Waals surface area contributed by atoms with Gasteiger partial charge in [-0.25, -0.2) is 0 Å². The van der Waals surface area contributed by atoms with Gasteiger partial charge in [0.25, 0.3) is 0 Å². The molecule has 0 saturated carbocycles.